The highest BCUT2D eigenvalue weighted by Gasteiger charge is 2.17. The van der Waals surface area contributed by atoms with Gasteiger partial charge >= 0.3 is 0 Å². The van der Waals surface area contributed by atoms with Gasteiger partial charge in [0.2, 0.25) is 11.9 Å². The van der Waals surface area contributed by atoms with E-state index in [1.165, 1.54) is 6.08 Å². The SMILES string of the molecule is C=CC(=O)Nc1cc(Nc2nccc(-n3ccc4cc(CO)ccc43)n2)c(OC)cc1N(C)CCN(C)C. The number of benzene rings is 2. The van der Waals surface area contributed by atoms with Crippen molar-refractivity contribution in [1.29, 1.82) is 0 Å². The first kappa shape index (κ1) is 26.6. The van der Waals surface area contributed by atoms with E-state index in [9.17, 15) is 9.90 Å². The predicted octanol–water partition coefficient (Wildman–Crippen LogP) is 3.79. The van der Waals surface area contributed by atoms with Crippen molar-refractivity contribution in [2.24, 2.45) is 0 Å². The first-order chi connectivity index (χ1) is 18.3. The number of likely N-dealkylation sites (N-methyl/N-ethyl adjacent to an activating group) is 2. The number of carbonyl (C=O) groups is 1. The van der Waals surface area contributed by atoms with Crippen molar-refractivity contribution in [3.63, 3.8) is 0 Å². The molecule has 1 amide bonds. The molecule has 10 nitrogen and oxygen atoms in total. The second-order valence-corrected chi connectivity index (χ2v) is 9.09. The number of hydrogen-bond donors (Lipinski definition) is 3. The van der Waals surface area contributed by atoms with Gasteiger partial charge in [-0.3, -0.25) is 4.79 Å². The standard InChI is InChI=1S/C28H33N7O3/c1-6-27(37)30-21-16-22(25(38-5)17-24(21)34(4)14-13-33(2)3)31-28-29-11-9-26(32-28)35-12-10-20-15-19(18-36)7-8-23(20)35/h6-12,15-17,36H,1,13-14,18H2,2-5H3,(H,30,37)(H,29,31,32). The number of amides is 1. The van der Waals surface area contributed by atoms with Gasteiger partial charge in [0.15, 0.2) is 0 Å². The van der Waals surface area contributed by atoms with E-state index in [-0.39, 0.29) is 12.5 Å². The Balaban J connectivity index is 1.68. The van der Waals surface area contributed by atoms with Gasteiger partial charge in [-0.05, 0) is 56.1 Å². The smallest absolute Gasteiger partial charge is 0.247 e. The Kier molecular flexibility index (Phi) is 8.25. The molecule has 4 aromatic rings. The number of aromatic nitrogens is 3. The van der Waals surface area contributed by atoms with Crippen LogP contribution in [-0.4, -0.2) is 71.8 Å². The fourth-order valence-electron chi connectivity index (χ4n) is 4.06. The van der Waals surface area contributed by atoms with Gasteiger partial charge in [-0.15, -0.1) is 0 Å². The lowest BCUT2D eigenvalue weighted by molar-refractivity contribution is -0.111. The van der Waals surface area contributed by atoms with Crippen LogP contribution in [-0.2, 0) is 11.4 Å². The molecule has 0 aliphatic carbocycles. The van der Waals surface area contributed by atoms with Crippen molar-refractivity contribution in [1.82, 2.24) is 19.4 Å². The number of aliphatic hydroxyl groups excluding tert-OH is 1. The Labute approximate surface area is 222 Å². The molecular weight excluding hydrogens is 482 g/mol. The Hall–Kier alpha value is -4.41. The van der Waals surface area contributed by atoms with Gasteiger partial charge in [-0.1, -0.05) is 12.6 Å². The molecule has 0 saturated heterocycles. The van der Waals surface area contributed by atoms with E-state index >= 15 is 0 Å². The number of ether oxygens (including phenoxy) is 1. The van der Waals surface area contributed by atoms with Crippen LogP contribution in [0.3, 0.4) is 0 Å². The van der Waals surface area contributed by atoms with Gasteiger partial charge in [-0.2, -0.15) is 4.98 Å². The normalized spacial score (nSPS) is 11.0. The number of hydrogen-bond acceptors (Lipinski definition) is 8. The summed E-state index contributed by atoms with van der Waals surface area (Å²) in [6, 6.07) is 13.3. The maximum absolute atomic E-state index is 12.2. The predicted molar refractivity (Wildman–Crippen MR) is 152 cm³/mol. The van der Waals surface area contributed by atoms with Crippen molar-refractivity contribution >= 4 is 39.8 Å². The second-order valence-electron chi connectivity index (χ2n) is 9.09. The molecule has 0 atom stereocenters. The number of anilines is 4. The quantitative estimate of drug-likeness (QED) is 0.259. The molecule has 4 rings (SSSR count). The molecule has 198 valence electrons. The van der Waals surface area contributed by atoms with E-state index in [4.69, 9.17) is 9.72 Å². The molecule has 0 saturated carbocycles. The number of nitrogens with zero attached hydrogens (tertiary/aromatic N) is 5. The number of fused-ring (bicyclic) bond motifs is 1. The van der Waals surface area contributed by atoms with Crippen LogP contribution >= 0.6 is 0 Å². The molecule has 2 heterocycles. The van der Waals surface area contributed by atoms with Crippen molar-refractivity contribution in [3.8, 4) is 11.6 Å². The summed E-state index contributed by atoms with van der Waals surface area (Å²) in [5, 5.41) is 16.6. The molecule has 2 aromatic heterocycles. The highest BCUT2D eigenvalue weighted by atomic mass is 16.5. The molecule has 0 aliphatic rings. The van der Waals surface area contributed by atoms with Crippen molar-refractivity contribution < 1.29 is 14.6 Å². The van der Waals surface area contributed by atoms with E-state index in [1.54, 1.807) is 19.4 Å². The van der Waals surface area contributed by atoms with Crippen LogP contribution in [0.5, 0.6) is 5.75 Å². The lowest BCUT2D eigenvalue weighted by Gasteiger charge is -2.26. The van der Waals surface area contributed by atoms with Gasteiger partial charge in [0.05, 0.1) is 36.3 Å². The summed E-state index contributed by atoms with van der Waals surface area (Å²) >= 11 is 0. The van der Waals surface area contributed by atoms with Gasteiger partial charge in [0.25, 0.3) is 0 Å². The zero-order valence-corrected chi connectivity index (χ0v) is 22.1. The van der Waals surface area contributed by atoms with Crippen LogP contribution in [0, 0.1) is 0 Å². The minimum Gasteiger partial charge on any atom is -0.494 e. The Morgan fingerprint density at radius 3 is 2.66 bits per heavy atom. The summed E-state index contributed by atoms with van der Waals surface area (Å²) in [4.78, 5) is 25.5. The van der Waals surface area contributed by atoms with Crippen molar-refractivity contribution in [3.05, 3.63) is 73.1 Å². The van der Waals surface area contributed by atoms with Crippen LogP contribution < -0.4 is 20.3 Å². The number of aliphatic hydroxyl groups is 1. The van der Waals surface area contributed by atoms with Gasteiger partial charge in [-0.25, -0.2) is 4.98 Å². The maximum atomic E-state index is 12.2. The van der Waals surface area contributed by atoms with E-state index in [0.717, 1.165) is 35.2 Å². The van der Waals surface area contributed by atoms with Crippen LogP contribution in [0.1, 0.15) is 5.56 Å². The topological polar surface area (TPSA) is 108 Å². The van der Waals surface area contributed by atoms with Crippen LogP contribution in [0.4, 0.5) is 23.0 Å². The number of nitrogens with one attached hydrogen (secondary N) is 2. The molecule has 0 spiro atoms. The average Bonchev–Trinajstić information content (AvgIpc) is 3.35. The fraction of sp³-hybridized carbons (Fsp3) is 0.250. The van der Waals surface area contributed by atoms with Crippen molar-refractivity contribution in [2.45, 2.75) is 6.61 Å². The molecular formula is C28H33N7O3. The largest absolute Gasteiger partial charge is 0.494 e. The number of carbonyl (C=O) groups excluding carboxylic acids is 1. The summed E-state index contributed by atoms with van der Waals surface area (Å²) in [7, 11) is 7.58. The zero-order chi connectivity index (χ0) is 27.2. The molecule has 0 bridgehead atoms. The van der Waals surface area contributed by atoms with E-state index in [0.29, 0.717) is 28.9 Å². The molecule has 38 heavy (non-hydrogen) atoms. The van der Waals surface area contributed by atoms with E-state index in [2.05, 4.69) is 32.0 Å². The van der Waals surface area contributed by atoms with Crippen LogP contribution in [0.2, 0.25) is 0 Å². The monoisotopic (exact) mass is 515 g/mol. The number of methoxy groups -OCH3 is 1. The second kappa shape index (κ2) is 11.8. The minimum absolute atomic E-state index is 0.00992. The fourth-order valence-corrected chi connectivity index (χ4v) is 4.06. The first-order valence-corrected chi connectivity index (χ1v) is 12.2. The third-order valence-corrected chi connectivity index (χ3v) is 6.13. The van der Waals surface area contributed by atoms with Gasteiger partial charge < -0.3 is 34.8 Å². The molecule has 10 heteroatoms. The maximum Gasteiger partial charge on any atom is 0.247 e. The molecule has 0 fully saturated rings. The summed E-state index contributed by atoms with van der Waals surface area (Å²) in [5.41, 5.74) is 3.82. The summed E-state index contributed by atoms with van der Waals surface area (Å²) in [5.74, 6) is 1.30. The average molecular weight is 516 g/mol. The molecule has 0 radical (unpaired) electrons. The van der Waals surface area contributed by atoms with Gasteiger partial charge in [0.1, 0.15) is 11.6 Å². The number of rotatable bonds is 11. The third kappa shape index (κ3) is 5.93. The lowest BCUT2D eigenvalue weighted by atomic mass is 10.2. The van der Waals surface area contributed by atoms with Crippen molar-refractivity contribution in [2.75, 3.05) is 56.9 Å². The van der Waals surface area contributed by atoms with Gasteiger partial charge in [0, 0.05) is 44.0 Å². The van der Waals surface area contributed by atoms with Crippen LogP contribution in [0.15, 0.2) is 67.5 Å². The van der Waals surface area contributed by atoms with E-state index < -0.39 is 0 Å². The summed E-state index contributed by atoms with van der Waals surface area (Å²) in [6.45, 7) is 5.15. The lowest BCUT2D eigenvalue weighted by Crippen LogP contribution is -2.29. The highest BCUT2D eigenvalue weighted by Crippen LogP contribution is 2.38. The molecule has 3 N–H and O–H groups in total. The third-order valence-electron chi connectivity index (χ3n) is 6.13. The Morgan fingerprint density at radius 2 is 1.95 bits per heavy atom. The summed E-state index contributed by atoms with van der Waals surface area (Å²) < 4.78 is 7.65. The molecule has 0 unspecified atom stereocenters. The molecule has 0 aliphatic heterocycles. The first-order valence-electron chi connectivity index (χ1n) is 12.2. The van der Waals surface area contributed by atoms with E-state index in [1.807, 2.05) is 68.3 Å². The molecule has 2 aromatic carbocycles. The minimum atomic E-state index is -0.314. The Bertz CT molecular complexity index is 1450. The highest BCUT2D eigenvalue weighted by molar-refractivity contribution is 6.02. The summed E-state index contributed by atoms with van der Waals surface area (Å²) in [6.07, 6.45) is 4.84. The van der Waals surface area contributed by atoms with Crippen LogP contribution in [0.25, 0.3) is 16.7 Å². The Morgan fingerprint density at radius 1 is 1.13 bits per heavy atom. The zero-order valence-electron chi connectivity index (χ0n) is 22.1.